The van der Waals surface area contributed by atoms with Crippen LogP contribution in [0.5, 0.6) is 5.75 Å². The molecule has 0 saturated carbocycles. The molecule has 126 valence electrons. The van der Waals surface area contributed by atoms with Gasteiger partial charge in [0.05, 0.1) is 11.0 Å². The van der Waals surface area contributed by atoms with Crippen LogP contribution in [0.1, 0.15) is 12.7 Å². The summed E-state index contributed by atoms with van der Waals surface area (Å²) in [4.78, 5) is 4.48. The lowest BCUT2D eigenvalue weighted by molar-refractivity contribution is 0.291. The van der Waals surface area contributed by atoms with Crippen molar-refractivity contribution in [2.75, 3.05) is 0 Å². The molecule has 4 rings (SSSR count). The molecule has 0 bridgehead atoms. The maximum Gasteiger partial charge on any atom is 0.247 e. The Morgan fingerprint density at radius 2 is 2.00 bits per heavy atom. The molecule has 0 spiro atoms. The Morgan fingerprint density at radius 3 is 2.72 bits per heavy atom. The molecular formula is C18H15FN4O2. The fraction of sp³-hybridized carbons (Fsp3) is 0.167. The molecule has 7 heteroatoms. The van der Waals surface area contributed by atoms with Gasteiger partial charge >= 0.3 is 0 Å². The topological polar surface area (TPSA) is 66.0 Å². The van der Waals surface area contributed by atoms with E-state index in [1.807, 2.05) is 35.8 Å². The Kier molecular flexibility index (Phi) is 3.89. The molecule has 4 aromatic rings. The van der Waals surface area contributed by atoms with Gasteiger partial charge in [0.2, 0.25) is 12.3 Å². The molecule has 0 aliphatic heterocycles. The predicted molar refractivity (Wildman–Crippen MR) is 89.4 cm³/mol. The number of halogens is 1. The molecular weight excluding hydrogens is 323 g/mol. The van der Waals surface area contributed by atoms with Crippen molar-refractivity contribution < 1.29 is 13.5 Å². The Bertz CT molecular complexity index is 994. The van der Waals surface area contributed by atoms with Crippen LogP contribution in [0.15, 0.2) is 53.3 Å². The molecule has 2 heterocycles. The third-order valence-corrected chi connectivity index (χ3v) is 3.93. The SMILES string of the molecule is CCn1c(COc2ccc(-c3nnco3)cc2)nc2cc(F)ccc21. The second kappa shape index (κ2) is 6.35. The number of hydrogen-bond acceptors (Lipinski definition) is 5. The van der Waals surface area contributed by atoms with Crippen LogP contribution < -0.4 is 4.74 Å². The molecule has 0 N–H and O–H groups in total. The highest BCUT2D eigenvalue weighted by Gasteiger charge is 2.11. The Balaban J connectivity index is 1.54. The maximum absolute atomic E-state index is 13.4. The first-order valence-electron chi connectivity index (χ1n) is 7.88. The minimum atomic E-state index is -0.294. The van der Waals surface area contributed by atoms with Gasteiger partial charge in [-0.1, -0.05) is 0 Å². The molecule has 2 aromatic heterocycles. The van der Waals surface area contributed by atoms with E-state index in [1.165, 1.54) is 18.5 Å². The number of benzene rings is 2. The van der Waals surface area contributed by atoms with E-state index in [-0.39, 0.29) is 5.82 Å². The fourth-order valence-electron chi connectivity index (χ4n) is 2.76. The van der Waals surface area contributed by atoms with E-state index in [4.69, 9.17) is 9.15 Å². The molecule has 0 radical (unpaired) electrons. The van der Waals surface area contributed by atoms with Crippen molar-refractivity contribution in [2.24, 2.45) is 0 Å². The molecule has 0 unspecified atom stereocenters. The van der Waals surface area contributed by atoms with E-state index in [9.17, 15) is 4.39 Å². The summed E-state index contributed by atoms with van der Waals surface area (Å²) in [5.74, 6) is 1.62. The zero-order chi connectivity index (χ0) is 17.2. The van der Waals surface area contributed by atoms with Gasteiger partial charge < -0.3 is 13.7 Å². The molecule has 0 aliphatic rings. The second-order valence-corrected chi connectivity index (χ2v) is 5.46. The Morgan fingerprint density at radius 1 is 1.16 bits per heavy atom. The lowest BCUT2D eigenvalue weighted by Gasteiger charge is -2.08. The van der Waals surface area contributed by atoms with Gasteiger partial charge in [0.25, 0.3) is 0 Å². The van der Waals surface area contributed by atoms with Crippen LogP contribution in [-0.2, 0) is 13.2 Å². The van der Waals surface area contributed by atoms with E-state index in [2.05, 4.69) is 15.2 Å². The first-order chi connectivity index (χ1) is 12.2. The number of fused-ring (bicyclic) bond motifs is 1. The van der Waals surface area contributed by atoms with Crippen molar-refractivity contribution >= 4 is 11.0 Å². The summed E-state index contributed by atoms with van der Waals surface area (Å²) in [6.45, 7) is 3.05. The van der Waals surface area contributed by atoms with Crippen LogP contribution in [0, 0.1) is 5.82 Å². The third kappa shape index (κ3) is 2.96. The van der Waals surface area contributed by atoms with Crippen molar-refractivity contribution in [1.82, 2.24) is 19.7 Å². The summed E-state index contributed by atoms with van der Waals surface area (Å²) in [6.07, 6.45) is 1.29. The van der Waals surface area contributed by atoms with E-state index < -0.39 is 0 Å². The van der Waals surface area contributed by atoms with Gasteiger partial charge in [0.1, 0.15) is 24.0 Å². The largest absolute Gasteiger partial charge is 0.486 e. The summed E-state index contributed by atoms with van der Waals surface area (Å²) in [5, 5.41) is 7.52. The average molecular weight is 338 g/mol. The summed E-state index contributed by atoms with van der Waals surface area (Å²) in [5.41, 5.74) is 2.35. The van der Waals surface area contributed by atoms with Crippen molar-refractivity contribution in [3.63, 3.8) is 0 Å². The number of hydrogen-bond donors (Lipinski definition) is 0. The molecule has 2 aromatic carbocycles. The third-order valence-electron chi connectivity index (χ3n) is 3.93. The maximum atomic E-state index is 13.4. The van der Waals surface area contributed by atoms with E-state index in [0.29, 0.717) is 23.8 Å². The number of rotatable bonds is 5. The van der Waals surface area contributed by atoms with Gasteiger partial charge in [0.15, 0.2) is 0 Å². The number of ether oxygens (including phenoxy) is 1. The zero-order valence-electron chi connectivity index (χ0n) is 13.5. The van der Waals surface area contributed by atoms with Crippen molar-refractivity contribution in [1.29, 1.82) is 0 Å². The minimum absolute atomic E-state index is 0.294. The highest BCUT2D eigenvalue weighted by Crippen LogP contribution is 2.22. The fourth-order valence-corrected chi connectivity index (χ4v) is 2.76. The van der Waals surface area contributed by atoms with Crippen molar-refractivity contribution in [3.8, 4) is 17.2 Å². The van der Waals surface area contributed by atoms with Crippen LogP contribution in [0.25, 0.3) is 22.5 Å². The smallest absolute Gasteiger partial charge is 0.247 e. The second-order valence-electron chi connectivity index (χ2n) is 5.46. The quantitative estimate of drug-likeness (QED) is 0.553. The first-order valence-corrected chi connectivity index (χ1v) is 7.88. The van der Waals surface area contributed by atoms with Crippen LogP contribution in [-0.4, -0.2) is 19.7 Å². The molecule has 0 fully saturated rings. The van der Waals surface area contributed by atoms with Gasteiger partial charge in [-0.15, -0.1) is 10.2 Å². The van der Waals surface area contributed by atoms with Gasteiger partial charge in [-0.3, -0.25) is 0 Å². The van der Waals surface area contributed by atoms with Gasteiger partial charge in [0, 0.05) is 18.2 Å². The van der Waals surface area contributed by atoms with Gasteiger partial charge in [-0.05, 0) is 43.3 Å². The Hall–Kier alpha value is -3.22. The van der Waals surface area contributed by atoms with Crippen LogP contribution in [0.2, 0.25) is 0 Å². The molecule has 0 amide bonds. The first kappa shape index (κ1) is 15.3. The molecule has 6 nitrogen and oxygen atoms in total. The van der Waals surface area contributed by atoms with E-state index in [0.717, 1.165) is 23.4 Å². The monoisotopic (exact) mass is 338 g/mol. The summed E-state index contributed by atoms with van der Waals surface area (Å²) in [7, 11) is 0. The zero-order valence-corrected chi connectivity index (χ0v) is 13.5. The standard InChI is InChI=1S/C18H15FN4O2/c1-2-23-16-8-5-13(19)9-15(16)21-17(23)10-24-14-6-3-12(4-7-14)18-22-20-11-25-18/h3-9,11H,2,10H2,1H3. The van der Waals surface area contributed by atoms with Gasteiger partial charge in [-0.25, -0.2) is 9.37 Å². The minimum Gasteiger partial charge on any atom is -0.486 e. The lowest BCUT2D eigenvalue weighted by Crippen LogP contribution is -2.05. The number of aryl methyl sites for hydroxylation is 1. The summed E-state index contributed by atoms with van der Waals surface area (Å²) in [6, 6.07) is 12.0. The lowest BCUT2D eigenvalue weighted by atomic mass is 10.2. The molecule has 25 heavy (non-hydrogen) atoms. The number of aromatic nitrogens is 4. The van der Waals surface area contributed by atoms with E-state index in [1.54, 1.807) is 6.07 Å². The average Bonchev–Trinajstić information content (AvgIpc) is 3.27. The number of imidazole rings is 1. The summed E-state index contributed by atoms with van der Waals surface area (Å²) >= 11 is 0. The van der Waals surface area contributed by atoms with Crippen LogP contribution >= 0.6 is 0 Å². The highest BCUT2D eigenvalue weighted by molar-refractivity contribution is 5.76. The van der Waals surface area contributed by atoms with Crippen molar-refractivity contribution in [2.45, 2.75) is 20.1 Å². The molecule has 0 saturated heterocycles. The molecule has 0 aliphatic carbocycles. The normalized spacial score (nSPS) is 11.1. The van der Waals surface area contributed by atoms with Crippen molar-refractivity contribution in [3.05, 3.63) is 60.5 Å². The molecule has 0 atom stereocenters. The van der Waals surface area contributed by atoms with Crippen LogP contribution in [0.3, 0.4) is 0 Å². The highest BCUT2D eigenvalue weighted by atomic mass is 19.1. The van der Waals surface area contributed by atoms with Crippen LogP contribution in [0.4, 0.5) is 4.39 Å². The Labute approximate surface area is 142 Å². The predicted octanol–water partition coefficient (Wildman–Crippen LogP) is 3.82. The summed E-state index contributed by atoms with van der Waals surface area (Å²) < 4.78 is 26.4. The van der Waals surface area contributed by atoms with Gasteiger partial charge in [-0.2, -0.15) is 0 Å². The number of nitrogens with zero attached hydrogens (tertiary/aromatic N) is 4. The van der Waals surface area contributed by atoms with E-state index >= 15 is 0 Å².